The summed E-state index contributed by atoms with van der Waals surface area (Å²) in [5.41, 5.74) is 1.34. The van der Waals surface area contributed by atoms with Crippen molar-refractivity contribution >= 4 is 29.7 Å². The molecule has 0 unspecified atom stereocenters. The van der Waals surface area contributed by atoms with Crippen molar-refractivity contribution in [3.8, 4) is 0 Å². The van der Waals surface area contributed by atoms with Gasteiger partial charge in [0.15, 0.2) is 0 Å². The first-order valence-electron chi connectivity index (χ1n) is 4.72. The first kappa shape index (κ1) is 12.3. The number of benzene rings is 1. The summed E-state index contributed by atoms with van der Waals surface area (Å²) >= 11 is 11.7. The molecule has 0 atom stereocenters. The molecule has 1 aromatic rings. The zero-order chi connectivity index (χ0) is 11.3. The minimum Gasteiger partial charge on any atom is -0.483 e. The van der Waals surface area contributed by atoms with Crippen molar-refractivity contribution in [2.24, 2.45) is 0 Å². The van der Waals surface area contributed by atoms with Crippen molar-refractivity contribution in [2.75, 3.05) is 0 Å². The third-order valence-corrected chi connectivity index (χ3v) is 3.26. The van der Waals surface area contributed by atoms with Gasteiger partial charge in [-0.05, 0) is 36.5 Å². The maximum atomic E-state index is 8.36. The maximum absolute atomic E-state index is 8.36. The highest BCUT2D eigenvalue weighted by Crippen LogP contribution is 2.38. The molecule has 1 N–H and O–H groups in total. The smallest absolute Gasteiger partial charge is 0.290 e. The highest BCUT2D eigenvalue weighted by Gasteiger charge is 2.19. The average molecular weight is 247 g/mol. The number of rotatable bonds is 1. The zero-order valence-corrected chi connectivity index (χ0v) is 9.63. The van der Waals surface area contributed by atoms with Crippen LogP contribution in [0.25, 0.3) is 0 Å². The van der Waals surface area contributed by atoms with Crippen LogP contribution in [0.1, 0.15) is 30.7 Å². The van der Waals surface area contributed by atoms with Gasteiger partial charge in [-0.25, -0.2) is 0 Å². The molecule has 2 nitrogen and oxygen atoms in total. The largest absolute Gasteiger partial charge is 0.483 e. The highest BCUT2D eigenvalue weighted by atomic mass is 35.5. The summed E-state index contributed by atoms with van der Waals surface area (Å²) in [4.78, 5) is 8.36. The summed E-state index contributed by atoms with van der Waals surface area (Å²) in [6, 6.07) is 5.96. The molecule has 1 saturated carbocycles. The van der Waals surface area contributed by atoms with E-state index in [0.717, 1.165) is 5.92 Å². The van der Waals surface area contributed by atoms with E-state index in [0.29, 0.717) is 10.0 Å². The molecule has 4 heteroatoms. The molecule has 0 saturated heterocycles. The molecule has 82 valence electrons. The second-order valence-electron chi connectivity index (χ2n) is 3.41. The van der Waals surface area contributed by atoms with Crippen molar-refractivity contribution in [3.05, 3.63) is 33.8 Å². The fourth-order valence-corrected chi connectivity index (χ4v) is 1.81. The van der Waals surface area contributed by atoms with Crippen LogP contribution < -0.4 is 0 Å². The van der Waals surface area contributed by atoms with Gasteiger partial charge in [0.1, 0.15) is 0 Å². The Morgan fingerprint density at radius 3 is 2.27 bits per heavy atom. The minimum absolute atomic E-state index is 0.250. The highest BCUT2D eigenvalue weighted by molar-refractivity contribution is 6.42. The molecule has 1 aliphatic carbocycles. The Labute approximate surface area is 98.8 Å². The van der Waals surface area contributed by atoms with Gasteiger partial charge in [0.05, 0.1) is 10.0 Å². The first-order valence-corrected chi connectivity index (χ1v) is 5.47. The Morgan fingerprint density at radius 1 is 1.27 bits per heavy atom. The van der Waals surface area contributed by atoms with Gasteiger partial charge >= 0.3 is 0 Å². The van der Waals surface area contributed by atoms with Crippen LogP contribution in [0.3, 0.4) is 0 Å². The van der Waals surface area contributed by atoms with Gasteiger partial charge < -0.3 is 5.11 Å². The van der Waals surface area contributed by atoms with E-state index < -0.39 is 0 Å². The van der Waals surface area contributed by atoms with Crippen LogP contribution in [0.4, 0.5) is 0 Å². The van der Waals surface area contributed by atoms with Gasteiger partial charge in [0, 0.05) is 0 Å². The third kappa shape index (κ3) is 3.40. The van der Waals surface area contributed by atoms with Gasteiger partial charge in [0.25, 0.3) is 6.47 Å². The lowest BCUT2D eigenvalue weighted by atomic mass is 9.80. The molecule has 1 fully saturated rings. The summed E-state index contributed by atoms with van der Waals surface area (Å²) in [6.45, 7) is -0.250. The van der Waals surface area contributed by atoms with E-state index in [1.54, 1.807) is 0 Å². The molecule has 0 spiro atoms. The van der Waals surface area contributed by atoms with Crippen LogP contribution in [0, 0.1) is 0 Å². The van der Waals surface area contributed by atoms with Gasteiger partial charge in [0.2, 0.25) is 0 Å². The summed E-state index contributed by atoms with van der Waals surface area (Å²) in [5.74, 6) is 0.736. The fraction of sp³-hybridized carbons (Fsp3) is 0.364. The van der Waals surface area contributed by atoms with Crippen molar-refractivity contribution < 1.29 is 9.90 Å². The van der Waals surface area contributed by atoms with E-state index in [2.05, 4.69) is 6.07 Å². The molecule has 0 aromatic heterocycles. The SMILES string of the molecule is Clc1ccc(C2CCC2)cc1Cl.O=CO. The minimum atomic E-state index is -0.250. The van der Waals surface area contributed by atoms with E-state index in [4.69, 9.17) is 33.1 Å². The maximum Gasteiger partial charge on any atom is 0.290 e. The molecular formula is C11H12Cl2O2. The van der Waals surface area contributed by atoms with Crippen LogP contribution >= 0.6 is 23.2 Å². The normalized spacial score (nSPS) is 14.8. The predicted octanol–water partition coefficient (Wildman–Crippen LogP) is 3.96. The second kappa shape index (κ2) is 5.99. The van der Waals surface area contributed by atoms with Crippen molar-refractivity contribution in [2.45, 2.75) is 25.2 Å². The summed E-state index contributed by atoms with van der Waals surface area (Å²) in [6.07, 6.45) is 3.96. The van der Waals surface area contributed by atoms with Crippen molar-refractivity contribution in [1.82, 2.24) is 0 Å². The van der Waals surface area contributed by atoms with E-state index in [-0.39, 0.29) is 6.47 Å². The Balaban J connectivity index is 0.000000337. The van der Waals surface area contributed by atoms with Gasteiger partial charge in [-0.1, -0.05) is 35.7 Å². The molecule has 1 aliphatic rings. The zero-order valence-electron chi connectivity index (χ0n) is 8.12. The molecule has 0 aliphatic heterocycles. The number of carbonyl (C=O) groups is 1. The number of hydrogen-bond donors (Lipinski definition) is 1. The monoisotopic (exact) mass is 246 g/mol. The Kier molecular flexibility index (Phi) is 4.92. The van der Waals surface area contributed by atoms with E-state index >= 15 is 0 Å². The van der Waals surface area contributed by atoms with Crippen molar-refractivity contribution in [3.63, 3.8) is 0 Å². The Bertz CT molecular complexity index is 335. The number of hydrogen-bond acceptors (Lipinski definition) is 1. The van der Waals surface area contributed by atoms with Crippen LogP contribution in [-0.2, 0) is 4.79 Å². The molecule has 15 heavy (non-hydrogen) atoms. The second-order valence-corrected chi connectivity index (χ2v) is 4.22. The molecule has 0 heterocycles. The molecular weight excluding hydrogens is 235 g/mol. The van der Waals surface area contributed by atoms with Crippen LogP contribution in [0.5, 0.6) is 0 Å². The predicted molar refractivity (Wildman–Crippen MR) is 61.7 cm³/mol. The summed E-state index contributed by atoms with van der Waals surface area (Å²) in [5, 5.41) is 8.22. The van der Waals surface area contributed by atoms with E-state index in [9.17, 15) is 0 Å². The lowest BCUT2D eigenvalue weighted by Gasteiger charge is -2.25. The molecule has 0 radical (unpaired) electrons. The van der Waals surface area contributed by atoms with Crippen LogP contribution in [-0.4, -0.2) is 11.6 Å². The standard InChI is InChI=1S/C10H10Cl2.CH2O2/c11-9-5-4-8(6-10(9)12)7-2-1-3-7;2-1-3/h4-7H,1-3H2;1H,(H,2,3). The van der Waals surface area contributed by atoms with Crippen LogP contribution in [0.2, 0.25) is 10.0 Å². The Morgan fingerprint density at radius 2 is 1.87 bits per heavy atom. The van der Waals surface area contributed by atoms with Gasteiger partial charge in [-0.2, -0.15) is 0 Å². The van der Waals surface area contributed by atoms with Gasteiger partial charge in [-0.15, -0.1) is 0 Å². The van der Waals surface area contributed by atoms with E-state index in [1.165, 1.54) is 24.8 Å². The van der Waals surface area contributed by atoms with Crippen LogP contribution in [0.15, 0.2) is 18.2 Å². The number of carboxylic acid groups (broad SMARTS) is 1. The Hall–Kier alpha value is -0.730. The molecule has 0 bridgehead atoms. The first-order chi connectivity index (χ1) is 7.19. The third-order valence-electron chi connectivity index (χ3n) is 2.52. The molecule has 1 aromatic carbocycles. The van der Waals surface area contributed by atoms with E-state index in [1.807, 2.05) is 12.1 Å². The fourth-order valence-electron chi connectivity index (χ4n) is 1.51. The lowest BCUT2D eigenvalue weighted by Crippen LogP contribution is -2.08. The quantitative estimate of drug-likeness (QED) is 0.762. The lowest BCUT2D eigenvalue weighted by molar-refractivity contribution is -0.122. The molecule has 0 amide bonds. The summed E-state index contributed by atoms with van der Waals surface area (Å²) < 4.78 is 0. The average Bonchev–Trinajstić information content (AvgIpc) is 2.10. The number of halogens is 2. The van der Waals surface area contributed by atoms with Gasteiger partial charge in [-0.3, -0.25) is 4.79 Å². The summed E-state index contributed by atoms with van der Waals surface area (Å²) in [7, 11) is 0. The topological polar surface area (TPSA) is 37.3 Å². The molecule has 2 rings (SSSR count). The van der Waals surface area contributed by atoms with Crippen molar-refractivity contribution in [1.29, 1.82) is 0 Å².